The summed E-state index contributed by atoms with van der Waals surface area (Å²) in [6.45, 7) is 2.31. The number of carbonyl (C=O) groups is 2. The Bertz CT molecular complexity index is 1030. The van der Waals surface area contributed by atoms with Crippen molar-refractivity contribution in [3.63, 3.8) is 0 Å². The number of rotatable bonds is 6. The average Bonchev–Trinajstić information content (AvgIpc) is 3.26. The maximum absolute atomic E-state index is 13.1. The summed E-state index contributed by atoms with van der Waals surface area (Å²) in [7, 11) is 1.82. The molecule has 4 rings (SSSR count). The number of likely N-dealkylation sites (tertiary alicyclic amines) is 1. The molecule has 7 nitrogen and oxygen atoms in total. The Morgan fingerprint density at radius 3 is 2.53 bits per heavy atom. The van der Waals surface area contributed by atoms with Gasteiger partial charge in [0.25, 0.3) is 0 Å². The lowest BCUT2D eigenvalue weighted by molar-refractivity contribution is -0.136. The third-order valence-corrected chi connectivity index (χ3v) is 5.75. The van der Waals surface area contributed by atoms with Crippen LogP contribution in [0.15, 0.2) is 73.1 Å². The molecule has 1 N–H and O–H groups in total. The van der Waals surface area contributed by atoms with Crippen LogP contribution < -0.4 is 5.32 Å². The average molecular weight is 432 g/mol. The first-order chi connectivity index (χ1) is 15.6. The van der Waals surface area contributed by atoms with E-state index in [1.54, 1.807) is 9.80 Å². The zero-order valence-corrected chi connectivity index (χ0v) is 18.4. The fourth-order valence-electron chi connectivity index (χ4n) is 4.10. The molecule has 2 aromatic carbocycles. The van der Waals surface area contributed by atoms with Crippen molar-refractivity contribution in [1.29, 1.82) is 0 Å². The van der Waals surface area contributed by atoms with Crippen LogP contribution in [0.2, 0.25) is 0 Å². The van der Waals surface area contributed by atoms with Gasteiger partial charge in [-0.25, -0.2) is 4.79 Å². The lowest BCUT2D eigenvalue weighted by Gasteiger charge is -2.34. The van der Waals surface area contributed by atoms with Crippen molar-refractivity contribution in [1.82, 2.24) is 19.6 Å². The fraction of sp³-hybridized carbons (Fsp3) is 0.320. The van der Waals surface area contributed by atoms with Gasteiger partial charge in [0.2, 0.25) is 5.91 Å². The predicted molar refractivity (Wildman–Crippen MR) is 124 cm³/mol. The number of carbonyl (C=O) groups excluding carboxylic acids is 2. The van der Waals surface area contributed by atoms with E-state index in [0.29, 0.717) is 26.2 Å². The minimum absolute atomic E-state index is 0.0676. The summed E-state index contributed by atoms with van der Waals surface area (Å²) in [6, 6.07) is 19.4. The minimum atomic E-state index is -0.186. The molecule has 0 radical (unpaired) electrons. The van der Waals surface area contributed by atoms with Crippen molar-refractivity contribution in [2.75, 3.05) is 25.5 Å². The van der Waals surface area contributed by atoms with Gasteiger partial charge in [0.1, 0.15) is 0 Å². The maximum atomic E-state index is 13.1. The molecule has 0 saturated carbocycles. The largest absolute Gasteiger partial charge is 0.341 e. The highest BCUT2D eigenvalue weighted by atomic mass is 16.2. The fourth-order valence-corrected chi connectivity index (χ4v) is 4.10. The number of para-hydroxylation sites is 1. The van der Waals surface area contributed by atoms with E-state index in [9.17, 15) is 9.59 Å². The van der Waals surface area contributed by atoms with Crippen molar-refractivity contribution in [3.05, 3.63) is 84.2 Å². The molecule has 1 aliphatic heterocycles. The topological polar surface area (TPSA) is 70.5 Å². The molecule has 3 aromatic rings. The number of piperidine rings is 1. The van der Waals surface area contributed by atoms with Crippen LogP contribution in [0.5, 0.6) is 0 Å². The summed E-state index contributed by atoms with van der Waals surface area (Å²) >= 11 is 0. The van der Waals surface area contributed by atoms with Crippen LogP contribution in [0.3, 0.4) is 0 Å². The highest BCUT2D eigenvalue weighted by molar-refractivity contribution is 5.90. The number of urea groups is 1. The molecule has 0 aliphatic carbocycles. The summed E-state index contributed by atoms with van der Waals surface area (Å²) in [4.78, 5) is 29.2. The summed E-state index contributed by atoms with van der Waals surface area (Å²) in [5.41, 5.74) is 2.93. The number of amides is 3. The van der Waals surface area contributed by atoms with Gasteiger partial charge in [0.15, 0.2) is 0 Å². The molecule has 1 aliphatic rings. The molecule has 32 heavy (non-hydrogen) atoms. The van der Waals surface area contributed by atoms with Crippen LogP contribution in [-0.4, -0.2) is 51.7 Å². The van der Waals surface area contributed by atoms with E-state index in [1.165, 1.54) is 5.56 Å². The molecule has 1 atom stereocenters. The van der Waals surface area contributed by atoms with Gasteiger partial charge in [-0.3, -0.25) is 9.48 Å². The number of benzene rings is 2. The number of nitrogens with one attached hydrogen (secondary N) is 1. The molecule has 0 unspecified atom stereocenters. The molecule has 7 heteroatoms. The minimum Gasteiger partial charge on any atom is -0.341 e. The number of hydrogen-bond acceptors (Lipinski definition) is 3. The molecule has 1 fully saturated rings. The zero-order chi connectivity index (χ0) is 22.3. The molecular weight excluding hydrogens is 402 g/mol. The molecule has 1 saturated heterocycles. The van der Waals surface area contributed by atoms with E-state index in [-0.39, 0.29) is 17.9 Å². The van der Waals surface area contributed by atoms with Gasteiger partial charge >= 0.3 is 6.03 Å². The number of nitrogens with zero attached hydrogens (tertiary/aromatic N) is 4. The summed E-state index contributed by atoms with van der Waals surface area (Å²) in [6.07, 6.45) is 5.41. The second-order valence-corrected chi connectivity index (χ2v) is 8.31. The van der Waals surface area contributed by atoms with Gasteiger partial charge in [-0.2, -0.15) is 5.10 Å². The van der Waals surface area contributed by atoms with Gasteiger partial charge in [-0.05, 0) is 30.5 Å². The highest BCUT2D eigenvalue weighted by Crippen LogP contribution is 2.20. The lowest BCUT2D eigenvalue weighted by Crippen LogP contribution is -2.47. The number of hydrogen-bond donors (Lipinski definition) is 1. The number of anilines is 1. The Morgan fingerprint density at radius 1 is 1.06 bits per heavy atom. The van der Waals surface area contributed by atoms with Crippen molar-refractivity contribution < 1.29 is 9.59 Å². The Hall–Kier alpha value is -3.61. The molecule has 1 aromatic heterocycles. The van der Waals surface area contributed by atoms with E-state index in [2.05, 4.69) is 22.5 Å². The predicted octanol–water partition coefficient (Wildman–Crippen LogP) is 3.83. The van der Waals surface area contributed by atoms with E-state index < -0.39 is 0 Å². The maximum Gasteiger partial charge on any atom is 0.321 e. The third-order valence-electron chi connectivity index (χ3n) is 5.75. The lowest BCUT2D eigenvalue weighted by atomic mass is 9.96. The second kappa shape index (κ2) is 10.1. The van der Waals surface area contributed by atoms with Gasteiger partial charge < -0.3 is 15.1 Å². The first-order valence-corrected chi connectivity index (χ1v) is 11.0. The van der Waals surface area contributed by atoms with Crippen LogP contribution in [0.1, 0.15) is 24.0 Å². The first-order valence-electron chi connectivity index (χ1n) is 11.0. The Kier molecular flexibility index (Phi) is 6.84. The summed E-state index contributed by atoms with van der Waals surface area (Å²) < 4.78 is 1.89. The molecule has 0 spiro atoms. The molecule has 2 heterocycles. The van der Waals surface area contributed by atoms with Gasteiger partial charge in [-0.15, -0.1) is 0 Å². The van der Waals surface area contributed by atoms with Crippen molar-refractivity contribution in [2.24, 2.45) is 5.92 Å². The highest BCUT2D eigenvalue weighted by Gasteiger charge is 2.30. The van der Waals surface area contributed by atoms with E-state index in [1.807, 2.05) is 72.7 Å². The standard InChI is InChI=1S/C25H29N5O2/c1-28(16-21-15-26-30(18-21)17-20-9-4-2-5-10-20)24(31)22-11-8-14-29(19-22)25(32)27-23-12-6-3-7-13-23/h2-7,9-10,12-13,15,18,22H,8,11,14,16-17,19H2,1H3,(H,27,32)/t22-/m0/s1. The zero-order valence-electron chi connectivity index (χ0n) is 18.4. The molecular formula is C25H29N5O2. The van der Waals surface area contributed by atoms with Crippen LogP contribution in [0.25, 0.3) is 0 Å². The van der Waals surface area contributed by atoms with Crippen LogP contribution in [0, 0.1) is 5.92 Å². The van der Waals surface area contributed by atoms with Gasteiger partial charge in [0.05, 0.1) is 18.7 Å². The SMILES string of the molecule is CN(Cc1cnn(Cc2ccccc2)c1)C(=O)[C@H]1CCCN(C(=O)Nc2ccccc2)C1. The molecule has 166 valence electrons. The van der Waals surface area contributed by atoms with E-state index in [0.717, 1.165) is 24.1 Å². The van der Waals surface area contributed by atoms with Crippen molar-refractivity contribution >= 4 is 17.6 Å². The first kappa shape index (κ1) is 21.6. The van der Waals surface area contributed by atoms with Gasteiger partial charge in [0, 0.05) is 44.1 Å². The summed E-state index contributed by atoms with van der Waals surface area (Å²) in [5, 5.41) is 7.34. The monoisotopic (exact) mass is 431 g/mol. The van der Waals surface area contributed by atoms with E-state index in [4.69, 9.17) is 0 Å². The normalized spacial score (nSPS) is 15.9. The number of aromatic nitrogens is 2. The summed E-state index contributed by atoms with van der Waals surface area (Å²) in [5.74, 6) is -0.118. The van der Waals surface area contributed by atoms with Crippen LogP contribution >= 0.6 is 0 Å². The second-order valence-electron chi connectivity index (χ2n) is 8.31. The van der Waals surface area contributed by atoms with Crippen molar-refractivity contribution in [3.8, 4) is 0 Å². The third kappa shape index (κ3) is 5.55. The molecule has 0 bridgehead atoms. The van der Waals surface area contributed by atoms with Crippen molar-refractivity contribution in [2.45, 2.75) is 25.9 Å². The smallest absolute Gasteiger partial charge is 0.321 e. The Balaban J connectivity index is 1.31. The Morgan fingerprint density at radius 2 is 1.78 bits per heavy atom. The van der Waals surface area contributed by atoms with Crippen LogP contribution in [-0.2, 0) is 17.9 Å². The quantitative estimate of drug-likeness (QED) is 0.645. The Labute approximate surface area is 188 Å². The van der Waals surface area contributed by atoms with E-state index >= 15 is 0 Å². The van der Waals surface area contributed by atoms with Gasteiger partial charge in [-0.1, -0.05) is 48.5 Å². The van der Waals surface area contributed by atoms with Crippen LogP contribution in [0.4, 0.5) is 10.5 Å². The molecule has 3 amide bonds.